The van der Waals surface area contributed by atoms with Crippen molar-refractivity contribution < 1.29 is 4.79 Å². The smallest absolute Gasteiger partial charge is 0.219 e. The van der Waals surface area contributed by atoms with E-state index in [2.05, 4.69) is 19.2 Å². The molecule has 0 aliphatic rings. The number of hydrogen-bond acceptors (Lipinski definition) is 1. The average Bonchev–Trinajstić information content (AvgIpc) is 2.49. The molecule has 0 radical (unpaired) electrons. The Balaban J connectivity index is 0. The SMILES string of the molecule is CCCCCCCCCCCCCCCC(=O)NCCC.Cl. The number of unbranched alkanes of at least 4 members (excludes halogenated alkanes) is 12. The lowest BCUT2D eigenvalue weighted by Crippen LogP contribution is -2.23. The van der Waals surface area contributed by atoms with Gasteiger partial charge < -0.3 is 5.32 Å². The molecule has 0 unspecified atom stereocenters. The topological polar surface area (TPSA) is 29.1 Å². The maximum atomic E-state index is 11.4. The van der Waals surface area contributed by atoms with Crippen molar-refractivity contribution in [2.24, 2.45) is 0 Å². The Hall–Kier alpha value is -0.240. The first-order valence-corrected chi connectivity index (χ1v) is 9.58. The fourth-order valence-electron chi connectivity index (χ4n) is 2.66. The van der Waals surface area contributed by atoms with E-state index >= 15 is 0 Å². The van der Waals surface area contributed by atoms with Gasteiger partial charge in [0.25, 0.3) is 0 Å². The summed E-state index contributed by atoms with van der Waals surface area (Å²) in [6, 6.07) is 0. The van der Waals surface area contributed by atoms with Gasteiger partial charge in [-0.2, -0.15) is 0 Å². The molecule has 0 saturated heterocycles. The lowest BCUT2D eigenvalue weighted by molar-refractivity contribution is -0.121. The van der Waals surface area contributed by atoms with Crippen molar-refractivity contribution in [3.63, 3.8) is 0 Å². The first-order chi connectivity index (χ1) is 10.3. The highest BCUT2D eigenvalue weighted by molar-refractivity contribution is 5.85. The number of nitrogens with one attached hydrogen (secondary N) is 1. The summed E-state index contributed by atoms with van der Waals surface area (Å²) in [5.74, 6) is 0.236. The highest BCUT2D eigenvalue weighted by Crippen LogP contribution is 2.12. The van der Waals surface area contributed by atoms with E-state index in [4.69, 9.17) is 0 Å². The maximum absolute atomic E-state index is 11.4. The second-order valence-corrected chi connectivity index (χ2v) is 6.34. The minimum absolute atomic E-state index is 0. The van der Waals surface area contributed by atoms with Gasteiger partial charge in [-0.05, 0) is 12.8 Å². The van der Waals surface area contributed by atoms with Crippen LogP contribution in [0.1, 0.15) is 110 Å². The summed E-state index contributed by atoms with van der Waals surface area (Å²) in [5.41, 5.74) is 0. The zero-order valence-corrected chi connectivity index (χ0v) is 15.9. The van der Waals surface area contributed by atoms with Crippen LogP contribution in [0.25, 0.3) is 0 Å². The van der Waals surface area contributed by atoms with Crippen LogP contribution in [0.3, 0.4) is 0 Å². The van der Waals surface area contributed by atoms with Crippen molar-refractivity contribution in [2.75, 3.05) is 6.54 Å². The van der Waals surface area contributed by atoms with Crippen LogP contribution in [0.5, 0.6) is 0 Å². The summed E-state index contributed by atoms with van der Waals surface area (Å²) in [6.45, 7) is 5.19. The molecule has 0 aliphatic carbocycles. The molecule has 0 spiro atoms. The van der Waals surface area contributed by atoms with E-state index in [0.717, 1.165) is 25.8 Å². The zero-order chi connectivity index (χ0) is 15.6. The monoisotopic (exact) mass is 333 g/mol. The standard InChI is InChI=1S/C19H39NO.ClH/c1-3-5-6-7-8-9-10-11-12-13-14-15-16-17-19(21)20-18-4-2;/h3-18H2,1-2H3,(H,20,21);1H. The Kier molecular flexibility index (Phi) is 22.7. The number of carbonyl (C=O) groups excluding carboxylic acids is 1. The summed E-state index contributed by atoms with van der Waals surface area (Å²) in [6.07, 6.45) is 19.4. The van der Waals surface area contributed by atoms with Crippen LogP contribution < -0.4 is 5.32 Å². The van der Waals surface area contributed by atoms with E-state index in [0.29, 0.717) is 0 Å². The van der Waals surface area contributed by atoms with Crippen molar-refractivity contribution in [3.05, 3.63) is 0 Å². The van der Waals surface area contributed by atoms with Gasteiger partial charge >= 0.3 is 0 Å². The van der Waals surface area contributed by atoms with Gasteiger partial charge in [-0.15, -0.1) is 12.4 Å². The van der Waals surface area contributed by atoms with E-state index < -0.39 is 0 Å². The Morgan fingerprint density at radius 2 is 1.05 bits per heavy atom. The van der Waals surface area contributed by atoms with Gasteiger partial charge in [0.2, 0.25) is 5.91 Å². The quantitative estimate of drug-likeness (QED) is 0.324. The van der Waals surface area contributed by atoms with Gasteiger partial charge in [-0.3, -0.25) is 4.79 Å². The molecule has 0 aliphatic heterocycles. The average molecular weight is 334 g/mol. The molecule has 22 heavy (non-hydrogen) atoms. The number of rotatable bonds is 16. The molecule has 0 saturated carbocycles. The molecule has 1 N–H and O–H groups in total. The third kappa shape index (κ3) is 19.8. The van der Waals surface area contributed by atoms with E-state index in [1.807, 2.05) is 0 Å². The maximum Gasteiger partial charge on any atom is 0.219 e. The van der Waals surface area contributed by atoms with Crippen LogP contribution in [-0.4, -0.2) is 12.5 Å². The second-order valence-electron chi connectivity index (χ2n) is 6.34. The van der Waals surface area contributed by atoms with Gasteiger partial charge in [0, 0.05) is 13.0 Å². The molecule has 134 valence electrons. The van der Waals surface area contributed by atoms with Crippen LogP contribution in [0, 0.1) is 0 Å². The number of carbonyl (C=O) groups is 1. The lowest BCUT2D eigenvalue weighted by Gasteiger charge is -2.04. The summed E-state index contributed by atoms with van der Waals surface area (Å²) in [7, 11) is 0. The predicted octanol–water partition coefficient (Wildman–Crippen LogP) is 6.42. The number of hydrogen-bond donors (Lipinski definition) is 1. The summed E-state index contributed by atoms with van der Waals surface area (Å²) < 4.78 is 0. The van der Waals surface area contributed by atoms with Crippen LogP contribution in [0.4, 0.5) is 0 Å². The molecule has 0 atom stereocenters. The predicted molar refractivity (Wildman–Crippen MR) is 101 cm³/mol. The molecule has 0 rings (SSSR count). The van der Waals surface area contributed by atoms with Crippen LogP contribution in [0.15, 0.2) is 0 Å². The fraction of sp³-hybridized carbons (Fsp3) is 0.947. The molecule has 2 nitrogen and oxygen atoms in total. The molecule has 3 heteroatoms. The van der Waals surface area contributed by atoms with Gasteiger partial charge in [-0.1, -0.05) is 90.9 Å². The highest BCUT2D eigenvalue weighted by atomic mass is 35.5. The molecule has 0 aromatic carbocycles. The fourth-order valence-corrected chi connectivity index (χ4v) is 2.66. The van der Waals surface area contributed by atoms with E-state index in [1.165, 1.54) is 77.0 Å². The molecule has 1 amide bonds. The minimum Gasteiger partial charge on any atom is -0.356 e. The Labute approximate surface area is 145 Å². The molecule has 0 heterocycles. The van der Waals surface area contributed by atoms with Crippen molar-refractivity contribution in [1.29, 1.82) is 0 Å². The van der Waals surface area contributed by atoms with Gasteiger partial charge in [-0.25, -0.2) is 0 Å². The summed E-state index contributed by atoms with van der Waals surface area (Å²) in [5, 5.41) is 2.94. The van der Waals surface area contributed by atoms with Crippen molar-refractivity contribution in [1.82, 2.24) is 5.32 Å². The van der Waals surface area contributed by atoms with Gasteiger partial charge in [0.1, 0.15) is 0 Å². The minimum atomic E-state index is 0. The van der Waals surface area contributed by atoms with Crippen molar-refractivity contribution in [3.8, 4) is 0 Å². The van der Waals surface area contributed by atoms with Gasteiger partial charge in [0.05, 0.1) is 0 Å². The molecule has 0 aromatic rings. The van der Waals surface area contributed by atoms with Crippen LogP contribution in [0.2, 0.25) is 0 Å². The third-order valence-corrected chi connectivity index (χ3v) is 4.08. The van der Waals surface area contributed by atoms with Crippen molar-refractivity contribution >= 4 is 18.3 Å². The summed E-state index contributed by atoms with van der Waals surface area (Å²) >= 11 is 0. The van der Waals surface area contributed by atoms with Crippen LogP contribution >= 0.6 is 12.4 Å². The normalized spacial score (nSPS) is 10.3. The molecule has 0 fully saturated rings. The largest absolute Gasteiger partial charge is 0.356 e. The highest BCUT2D eigenvalue weighted by Gasteiger charge is 1.99. The first-order valence-electron chi connectivity index (χ1n) is 9.58. The number of halogens is 1. The van der Waals surface area contributed by atoms with Crippen molar-refractivity contribution in [2.45, 2.75) is 110 Å². The van der Waals surface area contributed by atoms with E-state index in [1.54, 1.807) is 0 Å². The first kappa shape index (κ1) is 24.0. The third-order valence-electron chi connectivity index (χ3n) is 4.08. The Morgan fingerprint density at radius 3 is 1.45 bits per heavy atom. The molecular weight excluding hydrogens is 294 g/mol. The summed E-state index contributed by atoms with van der Waals surface area (Å²) in [4.78, 5) is 11.4. The lowest BCUT2D eigenvalue weighted by atomic mass is 10.0. The molecule has 0 bridgehead atoms. The number of amides is 1. The van der Waals surface area contributed by atoms with Gasteiger partial charge in [0.15, 0.2) is 0 Å². The molecular formula is C19H40ClNO. The Bertz CT molecular complexity index is 221. The molecule has 0 aromatic heterocycles. The zero-order valence-electron chi connectivity index (χ0n) is 15.1. The van der Waals surface area contributed by atoms with Crippen LogP contribution in [-0.2, 0) is 4.79 Å². The van der Waals surface area contributed by atoms with E-state index in [9.17, 15) is 4.79 Å². The van der Waals surface area contributed by atoms with E-state index in [-0.39, 0.29) is 18.3 Å². The second kappa shape index (κ2) is 20.8. The Morgan fingerprint density at radius 1 is 0.636 bits per heavy atom.